The number of amides is 1. The molecule has 0 spiro atoms. The zero-order valence-electron chi connectivity index (χ0n) is 17.3. The zero-order valence-corrected chi connectivity index (χ0v) is 18.0. The predicted molar refractivity (Wildman–Crippen MR) is 119 cm³/mol. The molecule has 0 radical (unpaired) electrons. The van der Waals surface area contributed by atoms with E-state index in [1.54, 1.807) is 14.0 Å². The normalized spacial score (nSPS) is 26.0. The second-order valence-corrected chi connectivity index (χ2v) is 8.59. The van der Waals surface area contributed by atoms with Crippen molar-refractivity contribution in [2.45, 2.75) is 31.5 Å². The van der Waals surface area contributed by atoms with E-state index in [9.17, 15) is 9.90 Å². The number of likely N-dealkylation sites (N-methyl/N-ethyl adjacent to an activating group) is 1. The number of halogens is 1. The van der Waals surface area contributed by atoms with E-state index in [0.717, 1.165) is 36.1 Å². The molecule has 0 bridgehead atoms. The first-order chi connectivity index (χ1) is 14.3. The summed E-state index contributed by atoms with van der Waals surface area (Å²) in [5.74, 6) is 0.00878. The van der Waals surface area contributed by atoms with E-state index in [0.29, 0.717) is 11.6 Å². The van der Waals surface area contributed by atoms with Crippen LogP contribution in [0.3, 0.4) is 0 Å². The Hall–Kier alpha value is -2.41. The molecule has 1 fully saturated rings. The van der Waals surface area contributed by atoms with Gasteiger partial charge in [-0.3, -0.25) is 14.6 Å². The number of aliphatic hydroxyl groups is 1. The fraction of sp³-hybridized carbons (Fsp3) is 0.391. The van der Waals surface area contributed by atoms with Gasteiger partial charge in [-0.2, -0.15) is 0 Å². The van der Waals surface area contributed by atoms with Crippen LogP contribution in [-0.4, -0.2) is 53.1 Å². The van der Waals surface area contributed by atoms with Crippen molar-refractivity contribution in [2.75, 3.05) is 20.1 Å². The predicted octanol–water partition coefficient (Wildman–Crippen LogP) is 3.04. The molecule has 2 aliphatic heterocycles. The lowest BCUT2D eigenvalue weighted by Crippen LogP contribution is -2.52. The van der Waals surface area contributed by atoms with Gasteiger partial charge in [0.05, 0.1) is 0 Å². The molecule has 2 heterocycles. The van der Waals surface area contributed by atoms with Gasteiger partial charge in [-0.05, 0) is 54.7 Å². The van der Waals surface area contributed by atoms with E-state index in [2.05, 4.69) is 0 Å². The Morgan fingerprint density at radius 2 is 1.93 bits per heavy atom. The number of aliphatic hydroxyl groups excluding tert-OH is 1. The number of carbonyl (C=O) groups excluding carboxylic acids is 1. The topological polar surface area (TPSA) is 82.2 Å². The molecule has 7 heteroatoms. The fourth-order valence-electron chi connectivity index (χ4n) is 4.64. The third-order valence-corrected chi connectivity index (χ3v) is 6.53. The van der Waals surface area contributed by atoms with E-state index in [1.807, 2.05) is 53.4 Å². The maximum Gasteiger partial charge on any atom is 0.262 e. The van der Waals surface area contributed by atoms with Crippen LogP contribution in [-0.2, 0) is 10.3 Å². The Morgan fingerprint density at radius 3 is 2.57 bits per heavy atom. The van der Waals surface area contributed by atoms with Crippen molar-refractivity contribution < 1.29 is 9.90 Å². The van der Waals surface area contributed by atoms with Gasteiger partial charge in [0, 0.05) is 31.1 Å². The Kier molecular flexibility index (Phi) is 5.57. The van der Waals surface area contributed by atoms with Gasteiger partial charge >= 0.3 is 0 Å². The molecule has 30 heavy (non-hydrogen) atoms. The highest BCUT2D eigenvalue weighted by atomic mass is 35.5. The largest absolute Gasteiger partial charge is 0.379 e. The van der Waals surface area contributed by atoms with Gasteiger partial charge in [-0.15, -0.1) is 0 Å². The third kappa shape index (κ3) is 3.49. The number of nitrogens with zero attached hydrogens (tertiary/aromatic N) is 3. The number of hydrogen-bond acceptors (Lipinski definition) is 5. The summed E-state index contributed by atoms with van der Waals surface area (Å²) in [5.41, 5.74) is 7.79. The second kappa shape index (κ2) is 8.02. The van der Waals surface area contributed by atoms with Gasteiger partial charge in [0.25, 0.3) is 5.91 Å². The Labute approximate surface area is 182 Å². The van der Waals surface area contributed by atoms with Crippen molar-refractivity contribution >= 4 is 23.5 Å². The molecule has 2 aromatic carbocycles. The van der Waals surface area contributed by atoms with Crippen LogP contribution in [0.4, 0.5) is 0 Å². The molecule has 2 aromatic rings. The number of aliphatic imine (C=N–C) groups is 1. The number of likely N-dealkylation sites (tertiary alicyclic amines) is 1. The van der Waals surface area contributed by atoms with Gasteiger partial charge in [-0.25, -0.2) is 4.99 Å². The summed E-state index contributed by atoms with van der Waals surface area (Å²) in [6.07, 6.45) is 1.15. The molecule has 1 amide bonds. The van der Waals surface area contributed by atoms with E-state index in [-0.39, 0.29) is 17.8 Å². The van der Waals surface area contributed by atoms with Crippen LogP contribution in [0.25, 0.3) is 11.1 Å². The monoisotopic (exact) mass is 426 g/mol. The van der Waals surface area contributed by atoms with Crippen molar-refractivity contribution in [3.63, 3.8) is 0 Å². The molecule has 0 aliphatic carbocycles. The molecule has 0 aromatic heterocycles. The Morgan fingerprint density at radius 1 is 1.23 bits per heavy atom. The number of hydrogen-bond donors (Lipinski definition) is 2. The molecule has 1 saturated heterocycles. The smallest absolute Gasteiger partial charge is 0.262 e. The minimum absolute atomic E-state index is 0.0912. The highest BCUT2D eigenvalue weighted by Crippen LogP contribution is 2.44. The van der Waals surface area contributed by atoms with Crippen LogP contribution >= 0.6 is 11.6 Å². The SMILES string of the molecule is CC(O)N1CCCC(C2(c3cccc(-c4cccc(Cl)c4)c3)N=C(N)N(C)C2=O)C1. The highest BCUT2D eigenvalue weighted by Gasteiger charge is 2.54. The maximum absolute atomic E-state index is 13.5. The van der Waals surface area contributed by atoms with Gasteiger partial charge in [0.2, 0.25) is 0 Å². The summed E-state index contributed by atoms with van der Waals surface area (Å²) >= 11 is 6.19. The van der Waals surface area contributed by atoms with Gasteiger partial charge < -0.3 is 10.8 Å². The quantitative estimate of drug-likeness (QED) is 0.787. The summed E-state index contributed by atoms with van der Waals surface area (Å²) in [6, 6.07) is 15.6. The number of guanidine groups is 1. The number of nitrogens with two attached hydrogens (primary N) is 1. The van der Waals surface area contributed by atoms with Crippen LogP contribution in [0.15, 0.2) is 53.5 Å². The first-order valence-electron chi connectivity index (χ1n) is 10.2. The van der Waals surface area contributed by atoms with Crippen LogP contribution in [0.2, 0.25) is 5.02 Å². The van der Waals surface area contributed by atoms with E-state index in [4.69, 9.17) is 22.3 Å². The minimum Gasteiger partial charge on any atom is -0.379 e. The standard InChI is InChI=1S/C23H27ClN4O2/c1-15(29)28-11-5-9-19(14-28)23(21(30)27(2)22(25)26-23)18-8-3-6-16(12-18)17-7-4-10-20(24)13-17/h3-4,6-8,10,12-13,15,19,29H,5,9,11,14H2,1-2H3,(H2,25,26). The van der Waals surface area contributed by atoms with Crippen molar-refractivity contribution in [1.29, 1.82) is 0 Å². The summed E-state index contributed by atoms with van der Waals surface area (Å²) in [4.78, 5) is 21.7. The first-order valence-corrected chi connectivity index (χ1v) is 10.6. The van der Waals surface area contributed by atoms with Crippen molar-refractivity contribution in [1.82, 2.24) is 9.80 Å². The molecular weight excluding hydrogens is 400 g/mol. The number of piperidine rings is 1. The molecule has 6 nitrogen and oxygen atoms in total. The summed E-state index contributed by atoms with van der Waals surface area (Å²) in [6.45, 7) is 3.14. The Bertz CT molecular complexity index is 993. The molecule has 3 N–H and O–H groups in total. The average Bonchev–Trinajstić information content (AvgIpc) is 2.99. The van der Waals surface area contributed by atoms with E-state index >= 15 is 0 Å². The third-order valence-electron chi connectivity index (χ3n) is 6.30. The Balaban J connectivity index is 1.82. The fourth-order valence-corrected chi connectivity index (χ4v) is 4.83. The van der Waals surface area contributed by atoms with Crippen LogP contribution < -0.4 is 5.73 Å². The van der Waals surface area contributed by atoms with Crippen LogP contribution in [0, 0.1) is 5.92 Å². The molecule has 3 atom stereocenters. The zero-order chi connectivity index (χ0) is 21.5. The number of carbonyl (C=O) groups is 1. The minimum atomic E-state index is -1.10. The van der Waals surface area contributed by atoms with Gasteiger partial charge in [0.1, 0.15) is 6.23 Å². The highest BCUT2D eigenvalue weighted by molar-refractivity contribution is 6.30. The van der Waals surface area contributed by atoms with Crippen LogP contribution in [0.1, 0.15) is 25.3 Å². The molecule has 3 unspecified atom stereocenters. The number of rotatable bonds is 4. The van der Waals surface area contributed by atoms with Crippen LogP contribution in [0.5, 0.6) is 0 Å². The van der Waals surface area contributed by atoms with E-state index in [1.165, 1.54) is 4.90 Å². The van der Waals surface area contributed by atoms with Gasteiger partial charge in [-0.1, -0.05) is 41.9 Å². The molecule has 158 valence electrons. The summed E-state index contributed by atoms with van der Waals surface area (Å²) in [7, 11) is 1.67. The van der Waals surface area contributed by atoms with Gasteiger partial charge in [0.15, 0.2) is 11.5 Å². The van der Waals surface area contributed by atoms with Crippen molar-refractivity contribution in [3.05, 3.63) is 59.1 Å². The van der Waals surface area contributed by atoms with Crippen molar-refractivity contribution in [2.24, 2.45) is 16.6 Å². The summed E-state index contributed by atoms with van der Waals surface area (Å²) < 4.78 is 0. The lowest BCUT2D eigenvalue weighted by molar-refractivity contribution is -0.134. The molecular formula is C23H27ClN4O2. The molecule has 4 rings (SSSR count). The average molecular weight is 427 g/mol. The first kappa shape index (κ1) is 20.8. The lowest BCUT2D eigenvalue weighted by Gasteiger charge is -2.41. The van der Waals surface area contributed by atoms with Crippen molar-refractivity contribution in [3.8, 4) is 11.1 Å². The second-order valence-electron chi connectivity index (χ2n) is 8.16. The maximum atomic E-state index is 13.5. The summed E-state index contributed by atoms with van der Waals surface area (Å²) in [5, 5.41) is 10.8. The van der Waals surface area contributed by atoms with E-state index < -0.39 is 11.8 Å². The molecule has 0 saturated carbocycles. The molecule has 2 aliphatic rings. The number of benzene rings is 2. The lowest BCUT2D eigenvalue weighted by atomic mass is 9.73.